The van der Waals surface area contributed by atoms with E-state index in [4.69, 9.17) is 11.6 Å². The van der Waals surface area contributed by atoms with Gasteiger partial charge in [0.15, 0.2) is 6.07 Å². The molecule has 0 aromatic rings. The smallest absolute Gasteiger partial charge is 0.309 e. The number of hydrogen-bond donors (Lipinski definition) is 0. The molecule has 0 aliphatic heterocycles. The van der Waals surface area contributed by atoms with E-state index in [1.807, 2.05) is 0 Å². The summed E-state index contributed by atoms with van der Waals surface area (Å²) in [6, 6.07) is -0.206. The van der Waals surface area contributed by atoms with Crippen molar-refractivity contribution in [2.45, 2.75) is 0 Å². The molecule has 0 fully saturated rings. The summed E-state index contributed by atoms with van der Waals surface area (Å²) in [5.74, 6) is -0.276. The minimum absolute atomic E-state index is 0.206. The third-order valence-electron chi connectivity index (χ3n) is 1.04. The van der Waals surface area contributed by atoms with E-state index >= 15 is 0 Å². The van der Waals surface area contributed by atoms with E-state index in [0.717, 1.165) is 0 Å². The molecule has 0 N–H and O–H groups in total. The highest BCUT2D eigenvalue weighted by Crippen LogP contribution is 2.53. The Kier molecular flexibility index (Phi) is 6.28. The van der Waals surface area contributed by atoms with Crippen LogP contribution in [0.1, 0.15) is 0 Å². The fourth-order valence-electron chi connectivity index (χ4n) is 0.427. The Bertz CT molecular complexity index is 188. The molecular formula is C4H10ClO5P2+. The number of halogens is 1. The van der Waals surface area contributed by atoms with Crippen molar-refractivity contribution >= 4 is 27.2 Å². The van der Waals surface area contributed by atoms with Crippen LogP contribution >= 0.6 is 27.2 Å². The van der Waals surface area contributed by atoms with E-state index in [2.05, 4.69) is 13.6 Å². The lowest BCUT2D eigenvalue weighted by molar-refractivity contribution is 0.278. The average molecular weight is 236 g/mol. The summed E-state index contributed by atoms with van der Waals surface area (Å²) in [6.07, 6.45) is 0. The molecule has 72 valence electrons. The molecule has 1 unspecified atom stereocenters. The maximum absolute atomic E-state index is 11.3. The Morgan fingerprint density at radius 1 is 1.42 bits per heavy atom. The second-order valence-electron chi connectivity index (χ2n) is 1.69. The van der Waals surface area contributed by atoms with Crippen molar-refractivity contribution < 1.29 is 22.7 Å². The Balaban J connectivity index is 4.03. The fourth-order valence-corrected chi connectivity index (χ4v) is 3.39. The topological polar surface area (TPSA) is 61.8 Å². The Hall–Kier alpha value is 0.500. The molecule has 5 nitrogen and oxygen atoms in total. The van der Waals surface area contributed by atoms with Gasteiger partial charge in [-0.1, -0.05) is 11.6 Å². The largest absolute Gasteiger partial charge is 0.522 e. The Labute approximate surface area is 76.7 Å². The summed E-state index contributed by atoms with van der Waals surface area (Å²) in [5, 5.41) is 0. The molecule has 0 bridgehead atoms. The molecule has 0 aromatic heterocycles. The summed E-state index contributed by atoms with van der Waals surface area (Å²) in [4.78, 5) is 0. The molecular weight excluding hydrogens is 225 g/mol. The van der Waals surface area contributed by atoms with Crippen LogP contribution in [-0.2, 0) is 22.7 Å². The predicted molar refractivity (Wildman–Crippen MR) is 45.9 cm³/mol. The van der Waals surface area contributed by atoms with Crippen molar-refractivity contribution in [3.8, 4) is 0 Å². The van der Waals surface area contributed by atoms with E-state index in [0.29, 0.717) is 0 Å². The Morgan fingerprint density at radius 3 is 2.25 bits per heavy atom. The minimum Gasteiger partial charge on any atom is -0.309 e. The molecule has 0 aliphatic rings. The number of hydrogen-bond acceptors (Lipinski definition) is 5. The van der Waals surface area contributed by atoms with Gasteiger partial charge in [-0.05, 0) is 4.57 Å². The van der Waals surface area contributed by atoms with Crippen molar-refractivity contribution in [2.24, 2.45) is 0 Å². The molecule has 1 atom stereocenters. The molecule has 0 radical (unpaired) electrons. The molecule has 8 heteroatoms. The standard InChI is InChI=1S/C4H10ClO5P2/c1-8-12(7,9-2)4-11(6)10-3-5/h3-4H2,1-2H3/q+1. The summed E-state index contributed by atoms with van der Waals surface area (Å²) in [5.41, 5.74) is 0. The van der Waals surface area contributed by atoms with Crippen molar-refractivity contribution in [2.75, 3.05) is 26.2 Å². The van der Waals surface area contributed by atoms with Gasteiger partial charge in [-0.3, -0.25) is 4.57 Å². The molecule has 0 saturated carbocycles. The summed E-state index contributed by atoms with van der Waals surface area (Å²) in [7, 11) is -2.88. The van der Waals surface area contributed by atoms with Gasteiger partial charge in [-0.25, -0.2) is 0 Å². The highest BCUT2D eigenvalue weighted by molar-refractivity contribution is 7.65. The van der Waals surface area contributed by atoms with Gasteiger partial charge in [-0.15, -0.1) is 4.52 Å². The van der Waals surface area contributed by atoms with E-state index in [9.17, 15) is 9.13 Å². The summed E-state index contributed by atoms with van der Waals surface area (Å²) < 4.78 is 35.7. The lowest BCUT2D eigenvalue weighted by atomic mass is 11.7. The summed E-state index contributed by atoms with van der Waals surface area (Å²) in [6.45, 7) is 0. The maximum Gasteiger partial charge on any atom is 0.522 e. The highest BCUT2D eigenvalue weighted by Gasteiger charge is 2.35. The van der Waals surface area contributed by atoms with E-state index in [-0.39, 0.29) is 12.0 Å². The SMILES string of the molecule is COP(=O)(C[P+](=O)OCCl)OC. The second kappa shape index (κ2) is 6.03. The number of rotatable bonds is 6. The van der Waals surface area contributed by atoms with Gasteiger partial charge in [0.2, 0.25) is 0 Å². The first-order chi connectivity index (χ1) is 5.58. The molecule has 0 aromatic carbocycles. The van der Waals surface area contributed by atoms with E-state index in [1.165, 1.54) is 14.2 Å². The normalized spacial score (nSPS) is 13.1. The van der Waals surface area contributed by atoms with Gasteiger partial charge < -0.3 is 9.05 Å². The monoisotopic (exact) mass is 235 g/mol. The minimum atomic E-state index is -3.23. The first kappa shape index (κ1) is 12.5. The molecule has 0 amide bonds. The van der Waals surface area contributed by atoms with Crippen LogP contribution in [0.2, 0.25) is 0 Å². The maximum atomic E-state index is 11.3. The molecule has 0 aliphatic carbocycles. The van der Waals surface area contributed by atoms with Gasteiger partial charge in [0.25, 0.3) is 5.90 Å². The van der Waals surface area contributed by atoms with Crippen molar-refractivity contribution in [1.82, 2.24) is 0 Å². The Morgan fingerprint density at radius 2 is 1.92 bits per heavy atom. The third kappa shape index (κ3) is 4.51. The van der Waals surface area contributed by atoms with E-state index < -0.39 is 15.6 Å². The first-order valence-corrected chi connectivity index (χ1v) is 6.54. The van der Waals surface area contributed by atoms with Crippen LogP contribution in [0.4, 0.5) is 0 Å². The average Bonchev–Trinajstić information content (AvgIpc) is 2.05. The van der Waals surface area contributed by atoms with Crippen LogP contribution in [0.5, 0.6) is 0 Å². The van der Waals surface area contributed by atoms with Crippen LogP contribution in [0.3, 0.4) is 0 Å². The van der Waals surface area contributed by atoms with Crippen LogP contribution < -0.4 is 0 Å². The third-order valence-corrected chi connectivity index (χ3v) is 5.14. The molecule has 12 heavy (non-hydrogen) atoms. The quantitative estimate of drug-likeness (QED) is 0.522. The van der Waals surface area contributed by atoms with Crippen molar-refractivity contribution in [3.05, 3.63) is 0 Å². The van der Waals surface area contributed by atoms with Gasteiger partial charge in [0.05, 0.1) is 0 Å². The number of alkyl halides is 1. The van der Waals surface area contributed by atoms with Crippen LogP contribution in [0.25, 0.3) is 0 Å². The molecule has 0 rings (SSSR count). The second-order valence-corrected chi connectivity index (χ2v) is 5.91. The zero-order chi connectivity index (χ0) is 9.61. The molecule has 0 spiro atoms. The fraction of sp³-hybridized carbons (Fsp3) is 1.00. The van der Waals surface area contributed by atoms with E-state index in [1.54, 1.807) is 0 Å². The summed E-state index contributed by atoms with van der Waals surface area (Å²) >= 11 is 5.13. The highest BCUT2D eigenvalue weighted by atomic mass is 35.5. The predicted octanol–water partition coefficient (Wildman–Crippen LogP) is 2.39. The van der Waals surface area contributed by atoms with Gasteiger partial charge >= 0.3 is 15.6 Å². The van der Waals surface area contributed by atoms with Gasteiger partial charge in [-0.2, -0.15) is 0 Å². The zero-order valence-electron chi connectivity index (χ0n) is 6.73. The lowest BCUT2D eigenvalue weighted by Gasteiger charge is -2.06. The van der Waals surface area contributed by atoms with Crippen LogP contribution in [0.15, 0.2) is 0 Å². The zero-order valence-corrected chi connectivity index (χ0v) is 9.27. The molecule has 0 heterocycles. The van der Waals surface area contributed by atoms with Gasteiger partial charge in [0, 0.05) is 14.2 Å². The van der Waals surface area contributed by atoms with Gasteiger partial charge in [0.1, 0.15) is 0 Å². The van der Waals surface area contributed by atoms with Crippen LogP contribution in [-0.4, -0.2) is 26.2 Å². The van der Waals surface area contributed by atoms with Crippen LogP contribution in [0, 0.1) is 0 Å². The molecule has 0 saturated heterocycles. The lowest BCUT2D eigenvalue weighted by Crippen LogP contribution is -1.92. The van der Waals surface area contributed by atoms with Crippen molar-refractivity contribution in [3.63, 3.8) is 0 Å². The first-order valence-electron chi connectivity index (χ1n) is 2.92. The van der Waals surface area contributed by atoms with Crippen molar-refractivity contribution in [1.29, 1.82) is 0 Å².